The molecule has 4 nitrogen and oxygen atoms in total. The number of hydrogen-bond acceptors (Lipinski definition) is 3. The minimum Gasteiger partial charge on any atom is -0.350 e. The molecular formula is C16H14N4. The number of nitriles is 1. The lowest BCUT2D eigenvalue weighted by Gasteiger charge is -2.01. The predicted octanol–water partition coefficient (Wildman–Crippen LogP) is 3.09. The van der Waals surface area contributed by atoms with Gasteiger partial charge in [-0.05, 0) is 12.1 Å². The summed E-state index contributed by atoms with van der Waals surface area (Å²) in [4.78, 5) is 8.79. The summed E-state index contributed by atoms with van der Waals surface area (Å²) in [5, 5.41) is 9.83. The van der Waals surface area contributed by atoms with E-state index in [2.05, 4.69) is 38.9 Å². The first kappa shape index (κ1) is 12.4. The lowest BCUT2D eigenvalue weighted by Crippen LogP contribution is -1.95. The molecule has 0 spiro atoms. The van der Waals surface area contributed by atoms with E-state index in [-0.39, 0.29) is 0 Å². The van der Waals surface area contributed by atoms with E-state index in [0.717, 1.165) is 17.1 Å². The molecule has 3 rings (SSSR count). The van der Waals surface area contributed by atoms with Crippen molar-refractivity contribution in [3.05, 3.63) is 48.5 Å². The van der Waals surface area contributed by atoms with Crippen LogP contribution in [0.25, 0.3) is 22.2 Å². The third kappa shape index (κ3) is 2.14. The summed E-state index contributed by atoms with van der Waals surface area (Å²) in [5.74, 6) is 0.719. The van der Waals surface area contributed by atoms with Gasteiger partial charge >= 0.3 is 0 Å². The second-order valence-electron chi connectivity index (χ2n) is 4.69. The smallest absolute Gasteiger partial charge is 0.129 e. The highest BCUT2D eigenvalue weighted by Crippen LogP contribution is 2.28. The predicted molar refractivity (Wildman–Crippen MR) is 77.9 cm³/mol. The first-order valence-electron chi connectivity index (χ1n) is 6.53. The van der Waals surface area contributed by atoms with E-state index in [4.69, 9.17) is 5.26 Å². The number of benzene rings is 1. The van der Waals surface area contributed by atoms with Crippen molar-refractivity contribution in [3.8, 4) is 17.3 Å². The number of aromatic nitrogens is 3. The Kier molecular flexibility index (Phi) is 3.18. The molecule has 2 aromatic heterocycles. The van der Waals surface area contributed by atoms with E-state index in [9.17, 15) is 0 Å². The molecular weight excluding hydrogens is 248 g/mol. The molecule has 3 aromatic rings. The molecule has 1 aromatic carbocycles. The van der Waals surface area contributed by atoms with Crippen LogP contribution in [0.1, 0.15) is 12.2 Å². The molecule has 0 unspecified atom stereocenters. The number of fused-ring (bicyclic) bond motifs is 1. The molecule has 2 heterocycles. The van der Waals surface area contributed by atoms with Crippen LogP contribution in [0.5, 0.6) is 0 Å². The number of rotatable bonds is 3. The molecule has 0 atom stereocenters. The van der Waals surface area contributed by atoms with E-state index in [1.807, 2.05) is 25.2 Å². The van der Waals surface area contributed by atoms with Crippen LogP contribution in [0.4, 0.5) is 0 Å². The molecule has 4 heteroatoms. The van der Waals surface area contributed by atoms with Gasteiger partial charge in [0.15, 0.2) is 0 Å². The lowest BCUT2D eigenvalue weighted by atomic mass is 10.1. The quantitative estimate of drug-likeness (QED) is 0.728. The fourth-order valence-electron chi connectivity index (χ4n) is 2.38. The van der Waals surface area contributed by atoms with E-state index >= 15 is 0 Å². The van der Waals surface area contributed by atoms with Crippen molar-refractivity contribution in [1.82, 2.24) is 14.5 Å². The van der Waals surface area contributed by atoms with Gasteiger partial charge in [0.1, 0.15) is 5.82 Å². The van der Waals surface area contributed by atoms with Crippen molar-refractivity contribution in [2.75, 3.05) is 0 Å². The van der Waals surface area contributed by atoms with Crippen molar-refractivity contribution in [1.29, 1.82) is 5.26 Å². The second kappa shape index (κ2) is 5.14. The van der Waals surface area contributed by atoms with Gasteiger partial charge < -0.3 is 4.57 Å². The fraction of sp³-hybridized carbons (Fsp3) is 0.188. The third-order valence-electron chi connectivity index (χ3n) is 3.34. The molecule has 0 amide bonds. The van der Waals surface area contributed by atoms with Gasteiger partial charge in [0.2, 0.25) is 0 Å². The van der Waals surface area contributed by atoms with Gasteiger partial charge in [-0.3, -0.25) is 0 Å². The summed E-state index contributed by atoms with van der Waals surface area (Å²) in [5.41, 5.74) is 3.19. The van der Waals surface area contributed by atoms with Crippen molar-refractivity contribution in [2.45, 2.75) is 12.8 Å². The molecule has 98 valence electrons. The summed E-state index contributed by atoms with van der Waals surface area (Å²) < 4.78 is 2.10. The Morgan fingerprint density at radius 2 is 2.10 bits per heavy atom. The molecule has 0 fully saturated rings. The maximum Gasteiger partial charge on any atom is 0.129 e. The maximum absolute atomic E-state index is 8.65. The van der Waals surface area contributed by atoms with Crippen LogP contribution in [0.15, 0.2) is 42.7 Å². The van der Waals surface area contributed by atoms with Crippen LogP contribution in [0.2, 0.25) is 0 Å². The van der Waals surface area contributed by atoms with Crippen LogP contribution in [-0.4, -0.2) is 14.5 Å². The van der Waals surface area contributed by atoms with E-state index in [1.54, 1.807) is 6.20 Å². The van der Waals surface area contributed by atoms with Gasteiger partial charge in [-0.2, -0.15) is 5.26 Å². The van der Waals surface area contributed by atoms with Crippen molar-refractivity contribution in [3.63, 3.8) is 0 Å². The SMILES string of the molecule is Cn1cc(-c2ccnc(CCC#N)n2)c2ccccc21. The molecule has 20 heavy (non-hydrogen) atoms. The fourth-order valence-corrected chi connectivity index (χ4v) is 2.38. The van der Waals surface area contributed by atoms with Crippen molar-refractivity contribution >= 4 is 10.9 Å². The topological polar surface area (TPSA) is 54.5 Å². The Balaban J connectivity index is 2.09. The molecule has 0 N–H and O–H groups in total. The Bertz CT molecular complexity index is 796. The Labute approximate surface area is 117 Å². The average molecular weight is 262 g/mol. The van der Waals surface area contributed by atoms with Crippen molar-refractivity contribution < 1.29 is 0 Å². The highest BCUT2D eigenvalue weighted by molar-refractivity contribution is 5.95. The monoisotopic (exact) mass is 262 g/mol. The summed E-state index contributed by atoms with van der Waals surface area (Å²) >= 11 is 0. The van der Waals surface area contributed by atoms with E-state index in [0.29, 0.717) is 12.8 Å². The van der Waals surface area contributed by atoms with Gasteiger partial charge in [0.05, 0.1) is 11.8 Å². The molecule has 0 aliphatic carbocycles. The zero-order valence-corrected chi connectivity index (χ0v) is 11.2. The standard InChI is InChI=1S/C16H14N4/c1-20-11-13(12-5-2-3-6-15(12)20)14-8-10-18-16(19-14)7-4-9-17/h2-3,5-6,8,10-11H,4,7H2,1H3. The first-order valence-corrected chi connectivity index (χ1v) is 6.53. The average Bonchev–Trinajstić information content (AvgIpc) is 2.83. The zero-order chi connectivity index (χ0) is 13.9. The Morgan fingerprint density at radius 1 is 1.25 bits per heavy atom. The molecule has 0 saturated carbocycles. The third-order valence-corrected chi connectivity index (χ3v) is 3.34. The Hall–Kier alpha value is -2.67. The van der Waals surface area contributed by atoms with Crippen LogP contribution in [0, 0.1) is 11.3 Å². The van der Waals surface area contributed by atoms with E-state index in [1.165, 1.54) is 10.9 Å². The number of aryl methyl sites for hydroxylation is 2. The molecule has 0 saturated heterocycles. The van der Waals surface area contributed by atoms with Gasteiger partial charge in [-0.15, -0.1) is 0 Å². The first-order chi connectivity index (χ1) is 9.79. The molecule has 0 radical (unpaired) electrons. The van der Waals surface area contributed by atoms with Gasteiger partial charge in [-0.25, -0.2) is 9.97 Å². The normalized spacial score (nSPS) is 10.6. The van der Waals surface area contributed by atoms with Gasteiger partial charge in [0, 0.05) is 48.7 Å². The second-order valence-corrected chi connectivity index (χ2v) is 4.69. The number of nitrogens with zero attached hydrogens (tertiary/aromatic N) is 4. The summed E-state index contributed by atoms with van der Waals surface area (Å²) in [6.07, 6.45) is 4.88. The minimum absolute atomic E-state index is 0.443. The Morgan fingerprint density at radius 3 is 2.95 bits per heavy atom. The van der Waals surface area contributed by atoms with Crippen LogP contribution in [0.3, 0.4) is 0 Å². The summed E-state index contributed by atoms with van der Waals surface area (Å²) in [7, 11) is 2.03. The van der Waals surface area contributed by atoms with Crippen molar-refractivity contribution in [2.24, 2.45) is 7.05 Å². The summed E-state index contributed by atoms with van der Waals surface area (Å²) in [6.45, 7) is 0. The van der Waals surface area contributed by atoms with Gasteiger partial charge in [0.25, 0.3) is 0 Å². The number of hydrogen-bond donors (Lipinski definition) is 0. The largest absolute Gasteiger partial charge is 0.350 e. The minimum atomic E-state index is 0.443. The highest BCUT2D eigenvalue weighted by Gasteiger charge is 2.10. The molecule has 0 aliphatic rings. The molecule has 0 bridgehead atoms. The van der Waals surface area contributed by atoms with Gasteiger partial charge in [-0.1, -0.05) is 18.2 Å². The van der Waals surface area contributed by atoms with Crippen LogP contribution in [-0.2, 0) is 13.5 Å². The molecule has 0 aliphatic heterocycles. The maximum atomic E-state index is 8.65. The zero-order valence-electron chi connectivity index (χ0n) is 11.2. The van der Waals surface area contributed by atoms with Crippen LogP contribution < -0.4 is 0 Å². The van der Waals surface area contributed by atoms with Crippen LogP contribution >= 0.6 is 0 Å². The number of para-hydroxylation sites is 1. The summed E-state index contributed by atoms with van der Waals surface area (Å²) in [6, 6.07) is 12.3. The lowest BCUT2D eigenvalue weighted by molar-refractivity contribution is 0.886. The highest BCUT2D eigenvalue weighted by atomic mass is 14.9. The van der Waals surface area contributed by atoms with E-state index < -0.39 is 0 Å².